The van der Waals surface area contributed by atoms with Gasteiger partial charge in [-0.15, -0.1) is 11.6 Å². The first-order chi connectivity index (χ1) is 7.22. The number of aromatic nitrogens is 2. The van der Waals surface area contributed by atoms with Gasteiger partial charge in [0.15, 0.2) is 5.82 Å². The molecule has 0 saturated heterocycles. The summed E-state index contributed by atoms with van der Waals surface area (Å²) in [4.78, 5) is 4.36. The number of nitrogens with zero attached hydrogens (tertiary/aromatic N) is 2. The minimum absolute atomic E-state index is 0.109. The summed E-state index contributed by atoms with van der Waals surface area (Å²) in [5, 5.41) is 3.82. The van der Waals surface area contributed by atoms with Crippen LogP contribution in [-0.2, 0) is 0 Å². The van der Waals surface area contributed by atoms with Gasteiger partial charge in [-0.2, -0.15) is 4.98 Å². The van der Waals surface area contributed by atoms with Crippen LogP contribution in [0.15, 0.2) is 4.52 Å². The van der Waals surface area contributed by atoms with Crippen LogP contribution in [0.5, 0.6) is 0 Å². The van der Waals surface area contributed by atoms with Crippen molar-refractivity contribution in [2.45, 2.75) is 57.7 Å². The molecule has 0 spiro atoms. The van der Waals surface area contributed by atoms with Gasteiger partial charge in [-0.3, -0.25) is 0 Å². The molecule has 4 heteroatoms. The predicted octanol–water partition coefficient (Wildman–Crippen LogP) is 4.05. The second-order valence-electron chi connectivity index (χ2n) is 3.76. The van der Waals surface area contributed by atoms with E-state index in [4.69, 9.17) is 16.1 Å². The van der Waals surface area contributed by atoms with Crippen LogP contribution >= 0.6 is 11.6 Å². The Hall–Kier alpha value is -0.570. The molecule has 1 aromatic heterocycles. The summed E-state index contributed by atoms with van der Waals surface area (Å²) in [6.07, 6.45) is 3.98. The minimum atomic E-state index is -0.109. The molecule has 0 fully saturated rings. The smallest absolute Gasteiger partial charge is 0.229 e. The lowest BCUT2D eigenvalue weighted by Crippen LogP contribution is -1.97. The van der Waals surface area contributed by atoms with E-state index < -0.39 is 0 Å². The topological polar surface area (TPSA) is 38.9 Å². The summed E-state index contributed by atoms with van der Waals surface area (Å²) in [5.41, 5.74) is 0. The quantitative estimate of drug-likeness (QED) is 0.692. The molecule has 1 rings (SSSR count). The lowest BCUT2D eigenvalue weighted by Gasteiger charge is -2.04. The third-order valence-corrected chi connectivity index (χ3v) is 3.03. The van der Waals surface area contributed by atoms with Crippen molar-refractivity contribution in [3.05, 3.63) is 11.7 Å². The highest BCUT2D eigenvalue weighted by Crippen LogP contribution is 2.26. The zero-order valence-corrected chi connectivity index (χ0v) is 10.4. The zero-order valence-electron chi connectivity index (χ0n) is 9.66. The van der Waals surface area contributed by atoms with E-state index in [0.29, 0.717) is 11.7 Å². The first-order valence-corrected chi connectivity index (χ1v) is 6.14. The van der Waals surface area contributed by atoms with E-state index in [0.717, 1.165) is 31.6 Å². The van der Waals surface area contributed by atoms with Crippen LogP contribution in [-0.4, -0.2) is 10.1 Å². The predicted molar refractivity (Wildman–Crippen MR) is 61.1 cm³/mol. The molecule has 0 aromatic carbocycles. The van der Waals surface area contributed by atoms with E-state index in [1.165, 1.54) is 0 Å². The van der Waals surface area contributed by atoms with Gasteiger partial charge < -0.3 is 4.52 Å². The van der Waals surface area contributed by atoms with Crippen molar-refractivity contribution in [3.63, 3.8) is 0 Å². The molecule has 0 amide bonds. The molecule has 0 bridgehead atoms. The highest BCUT2D eigenvalue weighted by molar-refractivity contribution is 6.20. The number of alkyl halides is 1. The Morgan fingerprint density at radius 2 is 1.93 bits per heavy atom. The van der Waals surface area contributed by atoms with Crippen LogP contribution < -0.4 is 0 Å². The fourth-order valence-corrected chi connectivity index (χ4v) is 1.87. The molecule has 0 aliphatic carbocycles. The van der Waals surface area contributed by atoms with Crippen LogP contribution in [0, 0.1) is 0 Å². The molecule has 0 aliphatic rings. The summed E-state index contributed by atoms with van der Waals surface area (Å²) in [6, 6.07) is 0. The molecular weight excluding hydrogens is 212 g/mol. The zero-order chi connectivity index (χ0) is 11.3. The molecular formula is C11H19ClN2O. The average Bonchev–Trinajstić information content (AvgIpc) is 2.69. The Kier molecular flexibility index (Phi) is 5.09. The first-order valence-electron chi connectivity index (χ1n) is 5.70. The Morgan fingerprint density at radius 3 is 2.47 bits per heavy atom. The maximum absolute atomic E-state index is 6.13. The van der Waals surface area contributed by atoms with Crippen LogP contribution in [0.2, 0.25) is 0 Å². The monoisotopic (exact) mass is 230 g/mol. The molecule has 1 unspecified atom stereocenters. The fourth-order valence-electron chi connectivity index (χ4n) is 1.56. The number of hydrogen-bond donors (Lipinski definition) is 0. The van der Waals surface area contributed by atoms with Gasteiger partial charge in [-0.25, -0.2) is 0 Å². The molecule has 0 N–H and O–H groups in total. The van der Waals surface area contributed by atoms with Gasteiger partial charge in [-0.1, -0.05) is 32.3 Å². The van der Waals surface area contributed by atoms with Gasteiger partial charge in [0.05, 0.1) is 5.38 Å². The maximum atomic E-state index is 6.13. The fraction of sp³-hybridized carbons (Fsp3) is 0.818. The molecule has 0 radical (unpaired) electrons. The van der Waals surface area contributed by atoms with Crippen molar-refractivity contribution in [2.24, 2.45) is 0 Å². The Bertz CT molecular complexity index is 284. The van der Waals surface area contributed by atoms with E-state index in [1.807, 2.05) is 0 Å². The number of hydrogen-bond acceptors (Lipinski definition) is 3. The van der Waals surface area contributed by atoms with Gasteiger partial charge in [-0.05, 0) is 19.3 Å². The highest BCUT2D eigenvalue weighted by atomic mass is 35.5. The van der Waals surface area contributed by atoms with Crippen molar-refractivity contribution >= 4 is 11.6 Å². The van der Waals surface area contributed by atoms with E-state index in [-0.39, 0.29) is 5.38 Å². The van der Waals surface area contributed by atoms with Gasteiger partial charge in [0.25, 0.3) is 0 Å². The first kappa shape index (κ1) is 12.5. The molecule has 1 heterocycles. The van der Waals surface area contributed by atoms with Crippen molar-refractivity contribution in [3.8, 4) is 0 Å². The van der Waals surface area contributed by atoms with Gasteiger partial charge in [0.1, 0.15) is 0 Å². The van der Waals surface area contributed by atoms with Gasteiger partial charge in [0.2, 0.25) is 5.89 Å². The Balaban J connectivity index is 2.70. The third-order valence-electron chi connectivity index (χ3n) is 2.61. The summed E-state index contributed by atoms with van der Waals surface area (Å²) in [6.45, 7) is 6.35. The van der Waals surface area contributed by atoms with E-state index in [2.05, 4.69) is 30.9 Å². The summed E-state index contributed by atoms with van der Waals surface area (Å²) in [5.74, 6) is 1.74. The molecule has 1 atom stereocenters. The van der Waals surface area contributed by atoms with Crippen molar-refractivity contribution in [1.29, 1.82) is 0 Å². The van der Waals surface area contributed by atoms with Crippen LogP contribution in [0.4, 0.5) is 0 Å². The van der Waals surface area contributed by atoms with E-state index in [1.54, 1.807) is 0 Å². The highest BCUT2D eigenvalue weighted by Gasteiger charge is 2.19. The second kappa shape index (κ2) is 6.11. The summed E-state index contributed by atoms with van der Waals surface area (Å²) < 4.78 is 5.23. The normalized spacial score (nSPS) is 13.4. The molecule has 0 saturated carbocycles. The molecule has 1 aromatic rings. The Morgan fingerprint density at radius 1 is 1.27 bits per heavy atom. The van der Waals surface area contributed by atoms with Gasteiger partial charge >= 0.3 is 0 Å². The third kappa shape index (κ3) is 3.20. The lowest BCUT2D eigenvalue weighted by molar-refractivity contribution is 0.342. The second-order valence-corrected chi connectivity index (χ2v) is 4.29. The lowest BCUT2D eigenvalue weighted by atomic mass is 10.0. The largest absolute Gasteiger partial charge is 0.339 e. The number of rotatable bonds is 6. The minimum Gasteiger partial charge on any atom is -0.339 e. The van der Waals surface area contributed by atoms with E-state index in [9.17, 15) is 0 Å². The molecule has 3 nitrogen and oxygen atoms in total. The average molecular weight is 231 g/mol. The Labute approximate surface area is 96.2 Å². The standard InChI is InChI=1S/C11H19ClN2O/c1-4-7-9(12)10-13-11(15-14-10)8(5-2)6-3/h8-9H,4-7H2,1-3H3. The SMILES string of the molecule is CCCC(Cl)c1noc(C(CC)CC)n1. The molecule has 15 heavy (non-hydrogen) atoms. The van der Waals surface area contributed by atoms with Gasteiger partial charge in [0, 0.05) is 5.92 Å². The summed E-state index contributed by atoms with van der Waals surface area (Å²) in [7, 11) is 0. The summed E-state index contributed by atoms with van der Waals surface area (Å²) >= 11 is 6.13. The molecule has 86 valence electrons. The van der Waals surface area contributed by atoms with Crippen molar-refractivity contribution in [2.75, 3.05) is 0 Å². The molecule has 0 aliphatic heterocycles. The van der Waals surface area contributed by atoms with Crippen molar-refractivity contribution in [1.82, 2.24) is 10.1 Å². The van der Waals surface area contributed by atoms with Crippen molar-refractivity contribution < 1.29 is 4.52 Å². The number of halogens is 1. The van der Waals surface area contributed by atoms with Crippen LogP contribution in [0.25, 0.3) is 0 Å². The van der Waals surface area contributed by atoms with Crippen LogP contribution in [0.1, 0.15) is 69.5 Å². The van der Waals surface area contributed by atoms with E-state index >= 15 is 0 Å². The maximum Gasteiger partial charge on any atom is 0.229 e. The van der Waals surface area contributed by atoms with Crippen LogP contribution in [0.3, 0.4) is 0 Å².